The van der Waals surface area contributed by atoms with E-state index in [0.29, 0.717) is 28.2 Å². The minimum absolute atomic E-state index is 0.0273. The smallest absolute Gasteiger partial charge is 0.234 e. The van der Waals surface area contributed by atoms with Crippen molar-refractivity contribution >= 4 is 58.2 Å². The Labute approximate surface area is 198 Å². The van der Waals surface area contributed by atoms with Crippen molar-refractivity contribution in [2.75, 3.05) is 16.4 Å². The van der Waals surface area contributed by atoms with Gasteiger partial charge in [-0.1, -0.05) is 59.2 Å². The fourth-order valence-corrected chi connectivity index (χ4v) is 3.80. The van der Waals surface area contributed by atoms with Crippen LogP contribution in [0.1, 0.15) is 5.82 Å². The van der Waals surface area contributed by atoms with Crippen LogP contribution in [0.15, 0.2) is 60.3 Å². The summed E-state index contributed by atoms with van der Waals surface area (Å²) < 4.78 is 15.4. The highest BCUT2D eigenvalue weighted by atomic mass is 35.5. The number of aromatic nitrogens is 3. The van der Waals surface area contributed by atoms with E-state index in [9.17, 15) is 14.0 Å². The molecule has 3 aromatic rings. The zero-order valence-electron chi connectivity index (χ0n) is 16.6. The maximum absolute atomic E-state index is 13.8. The van der Waals surface area contributed by atoms with E-state index in [1.54, 1.807) is 34.9 Å². The number of hydrogen-bond acceptors (Lipinski definition) is 5. The molecule has 11 heteroatoms. The van der Waals surface area contributed by atoms with Gasteiger partial charge in [0.15, 0.2) is 5.16 Å². The molecule has 7 nitrogen and oxygen atoms in total. The van der Waals surface area contributed by atoms with Crippen molar-refractivity contribution in [1.82, 2.24) is 14.8 Å². The Balaban J connectivity index is 1.64. The molecule has 0 fully saturated rings. The molecule has 0 aliphatic heterocycles. The Morgan fingerprint density at radius 2 is 1.78 bits per heavy atom. The second-order valence-corrected chi connectivity index (χ2v) is 8.17. The van der Waals surface area contributed by atoms with E-state index in [0.717, 1.165) is 11.8 Å². The van der Waals surface area contributed by atoms with Gasteiger partial charge in [0, 0.05) is 6.54 Å². The van der Waals surface area contributed by atoms with Crippen LogP contribution in [0.5, 0.6) is 0 Å². The molecule has 3 rings (SSSR count). The Hall–Kier alpha value is -2.88. The summed E-state index contributed by atoms with van der Waals surface area (Å²) in [5.41, 5.74) is 0.487. The number of halogens is 3. The zero-order valence-corrected chi connectivity index (χ0v) is 19.0. The van der Waals surface area contributed by atoms with Crippen LogP contribution in [0.3, 0.4) is 0 Å². The van der Waals surface area contributed by atoms with Crippen molar-refractivity contribution < 1.29 is 14.0 Å². The molecule has 166 valence electrons. The number of rotatable bonds is 9. The Kier molecular flexibility index (Phi) is 8.26. The SMILES string of the molecule is C=CCn1c(CC(=O)Nc2ccccc2F)nnc1SCC(=O)Nc1cccc(Cl)c1Cl. The maximum atomic E-state index is 13.8. The van der Waals surface area contributed by atoms with Crippen molar-refractivity contribution in [3.05, 3.63) is 76.8 Å². The van der Waals surface area contributed by atoms with Crippen molar-refractivity contribution in [2.45, 2.75) is 18.1 Å². The molecule has 2 N–H and O–H groups in total. The molecule has 32 heavy (non-hydrogen) atoms. The van der Waals surface area contributed by atoms with Gasteiger partial charge in [-0.05, 0) is 24.3 Å². The number of thioether (sulfide) groups is 1. The van der Waals surface area contributed by atoms with E-state index in [1.807, 2.05) is 0 Å². The molecule has 0 aliphatic rings. The average Bonchev–Trinajstić information content (AvgIpc) is 3.13. The first kappa shape index (κ1) is 23.8. The highest BCUT2D eigenvalue weighted by Gasteiger charge is 2.17. The third-order valence-electron chi connectivity index (χ3n) is 4.13. The van der Waals surface area contributed by atoms with E-state index in [-0.39, 0.29) is 28.8 Å². The van der Waals surface area contributed by atoms with Gasteiger partial charge >= 0.3 is 0 Å². The number of carbonyl (C=O) groups is 2. The van der Waals surface area contributed by atoms with Crippen molar-refractivity contribution in [1.29, 1.82) is 0 Å². The molecule has 0 atom stereocenters. The van der Waals surface area contributed by atoms with E-state index in [2.05, 4.69) is 27.4 Å². The number of amides is 2. The summed E-state index contributed by atoms with van der Waals surface area (Å²) in [5.74, 6) is -0.904. The Bertz CT molecular complexity index is 1150. The van der Waals surface area contributed by atoms with Crippen LogP contribution in [0, 0.1) is 5.82 Å². The first-order valence-corrected chi connectivity index (χ1v) is 11.1. The molecule has 0 spiro atoms. The minimum Gasteiger partial charge on any atom is -0.324 e. The second kappa shape index (κ2) is 11.1. The van der Waals surface area contributed by atoms with Crippen LogP contribution in [0.2, 0.25) is 10.0 Å². The summed E-state index contributed by atoms with van der Waals surface area (Å²) in [6, 6.07) is 10.8. The Morgan fingerprint density at radius 3 is 2.53 bits per heavy atom. The summed E-state index contributed by atoms with van der Waals surface area (Å²) in [6.07, 6.45) is 1.50. The lowest BCUT2D eigenvalue weighted by Crippen LogP contribution is -2.18. The van der Waals surface area contributed by atoms with E-state index in [4.69, 9.17) is 23.2 Å². The van der Waals surface area contributed by atoms with E-state index in [1.165, 1.54) is 18.2 Å². The van der Waals surface area contributed by atoms with Gasteiger partial charge in [-0.25, -0.2) is 4.39 Å². The highest BCUT2D eigenvalue weighted by molar-refractivity contribution is 7.99. The number of allylic oxidation sites excluding steroid dienone is 1. The fourth-order valence-electron chi connectivity index (χ4n) is 2.69. The lowest BCUT2D eigenvalue weighted by Gasteiger charge is -2.10. The summed E-state index contributed by atoms with van der Waals surface area (Å²) in [4.78, 5) is 24.7. The number of benzene rings is 2. The third-order valence-corrected chi connectivity index (χ3v) is 5.92. The largest absolute Gasteiger partial charge is 0.324 e. The van der Waals surface area contributed by atoms with Crippen molar-refractivity contribution in [3.8, 4) is 0 Å². The molecule has 0 saturated heterocycles. The number of hydrogen-bond donors (Lipinski definition) is 2. The zero-order chi connectivity index (χ0) is 23.1. The van der Waals surface area contributed by atoms with Crippen LogP contribution in [0.4, 0.5) is 15.8 Å². The van der Waals surface area contributed by atoms with Crippen molar-refractivity contribution in [3.63, 3.8) is 0 Å². The average molecular weight is 494 g/mol. The molecule has 2 amide bonds. The number of nitrogens with zero attached hydrogens (tertiary/aromatic N) is 3. The summed E-state index contributed by atoms with van der Waals surface area (Å²) in [5, 5.41) is 14.3. The molecule has 1 aromatic heterocycles. The maximum Gasteiger partial charge on any atom is 0.234 e. The molecule has 1 heterocycles. The van der Waals surface area contributed by atoms with Crippen LogP contribution in [-0.2, 0) is 22.6 Å². The fraction of sp³-hybridized carbons (Fsp3) is 0.143. The molecular weight excluding hydrogens is 476 g/mol. The molecule has 0 unspecified atom stereocenters. The van der Waals surface area contributed by atoms with Gasteiger partial charge in [-0.15, -0.1) is 16.8 Å². The van der Waals surface area contributed by atoms with Gasteiger partial charge in [0.05, 0.1) is 33.6 Å². The number of anilines is 2. The van der Waals surface area contributed by atoms with Crippen LogP contribution in [-0.4, -0.2) is 32.3 Å². The summed E-state index contributed by atoms with van der Waals surface area (Å²) in [7, 11) is 0. The predicted molar refractivity (Wildman–Crippen MR) is 125 cm³/mol. The quantitative estimate of drug-likeness (QED) is 0.329. The highest BCUT2D eigenvalue weighted by Crippen LogP contribution is 2.29. The first-order valence-electron chi connectivity index (χ1n) is 9.33. The lowest BCUT2D eigenvalue weighted by molar-refractivity contribution is -0.116. The molecular formula is C21H18Cl2FN5O2S. The first-order chi connectivity index (χ1) is 15.4. The van der Waals surface area contributed by atoms with Gasteiger partial charge in [0.1, 0.15) is 11.6 Å². The third kappa shape index (κ3) is 6.09. The van der Waals surface area contributed by atoms with Gasteiger partial charge in [-0.3, -0.25) is 9.59 Å². The normalized spacial score (nSPS) is 10.6. The van der Waals surface area contributed by atoms with Gasteiger partial charge in [0.25, 0.3) is 0 Å². The van der Waals surface area contributed by atoms with Gasteiger partial charge in [0.2, 0.25) is 11.8 Å². The van der Waals surface area contributed by atoms with Crippen LogP contribution < -0.4 is 10.6 Å². The van der Waals surface area contributed by atoms with Crippen molar-refractivity contribution in [2.24, 2.45) is 0 Å². The van der Waals surface area contributed by atoms with Gasteiger partial charge in [-0.2, -0.15) is 0 Å². The monoisotopic (exact) mass is 493 g/mol. The molecule has 2 aromatic carbocycles. The standard InChI is InChI=1S/C21H18Cl2FN5O2S/c1-2-10-29-17(11-18(30)25-15-8-4-3-7-14(15)24)27-28-21(29)32-12-19(31)26-16-9-5-6-13(22)20(16)23/h2-9H,1,10-12H2,(H,25,30)(H,26,31). The summed E-state index contributed by atoms with van der Waals surface area (Å²) in [6.45, 7) is 4.04. The summed E-state index contributed by atoms with van der Waals surface area (Å²) >= 11 is 13.2. The minimum atomic E-state index is -0.532. The number of para-hydroxylation sites is 1. The molecule has 0 bridgehead atoms. The number of carbonyl (C=O) groups excluding carboxylic acids is 2. The second-order valence-electron chi connectivity index (χ2n) is 6.44. The Morgan fingerprint density at radius 1 is 1.06 bits per heavy atom. The molecule has 0 aliphatic carbocycles. The number of nitrogens with one attached hydrogen (secondary N) is 2. The van der Waals surface area contributed by atoms with E-state index < -0.39 is 11.7 Å². The molecule has 0 saturated carbocycles. The van der Waals surface area contributed by atoms with Crippen LogP contribution in [0.25, 0.3) is 0 Å². The van der Waals surface area contributed by atoms with Crippen LogP contribution >= 0.6 is 35.0 Å². The molecule has 0 radical (unpaired) electrons. The van der Waals surface area contributed by atoms with Gasteiger partial charge < -0.3 is 15.2 Å². The predicted octanol–water partition coefficient (Wildman–Crippen LogP) is 4.82. The topological polar surface area (TPSA) is 88.9 Å². The van der Waals surface area contributed by atoms with E-state index >= 15 is 0 Å². The lowest BCUT2D eigenvalue weighted by atomic mass is 10.3.